The molecule has 5 nitrogen and oxygen atoms in total. The third kappa shape index (κ3) is 6.63. The highest BCUT2D eigenvalue weighted by atomic mass is 16.5. The Balaban J connectivity index is 2.16. The number of carbonyl (C=O) groups is 2. The van der Waals surface area contributed by atoms with Crippen LogP contribution in [0.3, 0.4) is 0 Å². The molecular weight excluding hydrogens is 364 g/mol. The van der Waals surface area contributed by atoms with E-state index in [1.807, 2.05) is 76.2 Å². The Morgan fingerprint density at radius 3 is 2.38 bits per heavy atom. The number of carbonyl (C=O) groups excluding carboxylic acids is 2. The smallest absolute Gasteiger partial charge is 0.261 e. The van der Waals surface area contributed by atoms with Crippen LogP contribution in [0.5, 0.6) is 5.75 Å². The van der Waals surface area contributed by atoms with Crippen LogP contribution in [0, 0.1) is 13.8 Å². The molecule has 5 heteroatoms. The summed E-state index contributed by atoms with van der Waals surface area (Å²) in [4.78, 5) is 27.4. The van der Waals surface area contributed by atoms with Gasteiger partial charge in [0.1, 0.15) is 11.8 Å². The van der Waals surface area contributed by atoms with Crippen molar-refractivity contribution >= 4 is 11.8 Å². The van der Waals surface area contributed by atoms with Crippen LogP contribution in [-0.4, -0.2) is 35.9 Å². The number of nitrogens with one attached hydrogen (secondary N) is 1. The molecule has 0 aliphatic carbocycles. The van der Waals surface area contributed by atoms with Crippen LogP contribution in [0.25, 0.3) is 0 Å². The van der Waals surface area contributed by atoms with Gasteiger partial charge in [-0.2, -0.15) is 0 Å². The standard InChI is InChI=1S/C24H32N2O3/c1-5-14-25-24(28)22(6-2)26(16-20-10-8-7-9-11-20)23(27)17-29-21-13-12-18(3)19(4)15-21/h7-13,15,22H,5-6,14,16-17H2,1-4H3,(H,25,28)/t22-/m1/s1. The van der Waals surface area contributed by atoms with E-state index < -0.39 is 6.04 Å². The molecule has 0 unspecified atom stereocenters. The van der Waals surface area contributed by atoms with E-state index in [1.54, 1.807) is 4.90 Å². The molecule has 0 fully saturated rings. The Hall–Kier alpha value is -2.82. The van der Waals surface area contributed by atoms with E-state index >= 15 is 0 Å². The molecule has 2 amide bonds. The van der Waals surface area contributed by atoms with Crippen molar-refractivity contribution in [3.63, 3.8) is 0 Å². The Labute approximate surface area is 174 Å². The van der Waals surface area contributed by atoms with Gasteiger partial charge in [-0.25, -0.2) is 0 Å². The molecule has 0 aliphatic rings. The van der Waals surface area contributed by atoms with Gasteiger partial charge >= 0.3 is 0 Å². The maximum absolute atomic E-state index is 13.1. The van der Waals surface area contributed by atoms with E-state index in [0.29, 0.717) is 25.3 Å². The van der Waals surface area contributed by atoms with E-state index in [-0.39, 0.29) is 18.4 Å². The van der Waals surface area contributed by atoms with Gasteiger partial charge in [0.05, 0.1) is 0 Å². The fourth-order valence-electron chi connectivity index (χ4n) is 3.10. The molecular formula is C24H32N2O3. The van der Waals surface area contributed by atoms with Crippen LogP contribution in [0.4, 0.5) is 0 Å². The minimum atomic E-state index is -0.530. The van der Waals surface area contributed by atoms with Crippen LogP contribution in [0.2, 0.25) is 0 Å². The molecule has 2 aromatic rings. The molecule has 0 aliphatic heterocycles. The molecule has 0 radical (unpaired) electrons. The number of amides is 2. The minimum absolute atomic E-state index is 0.104. The van der Waals surface area contributed by atoms with Crippen molar-refractivity contribution in [1.82, 2.24) is 10.2 Å². The molecule has 0 saturated carbocycles. The monoisotopic (exact) mass is 396 g/mol. The fourth-order valence-corrected chi connectivity index (χ4v) is 3.10. The van der Waals surface area contributed by atoms with Crippen molar-refractivity contribution in [3.8, 4) is 5.75 Å². The second kappa shape index (κ2) is 11.2. The van der Waals surface area contributed by atoms with Crippen molar-refractivity contribution in [2.75, 3.05) is 13.2 Å². The third-order valence-electron chi connectivity index (χ3n) is 4.97. The summed E-state index contributed by atoms with van der Waals surface area (Å²) in [5.41, 5.74) is 3.27. The lowest BCUT2D eigenvalue weighted by Crippen LogP contribution is -2.50. The van der Waals surface area contributed by atoms with Crippen LogP contribution in [-0.2, 0) is 16.1 Å². The third-order valence-corrected chi connectivity index (χ3v) is 4.97. The Morgan fingerprint density at radius 1 is 1.03 bits per heavy atom. The summed E-state index contributed by atoms with van der Waals surface area (Å²) in [6, 6.07) is 15.0. The molecule has 0 heterocycles. The highest BCUT2D eigenvalue weighted by Gasteiger charge is 2.28. The molecule has 1 N–H and O–H groups in total. The van der Waals surface area contributed by atoms with Gasteiger partial charge in [-0.3, -0.25) is 9.59 Å². The predicted molar refractivity (Wildman–Crippen MR) is 116 cm³/mol. The number of ether oxygens (including phenoxy) is 1. The van der Waals surface area contributed by atoms with E-state index in [0.717, 1.165) is 17.5 Å². The normalized spacial score (nSPS) is 11.6. The zero-order valence-corrected chi connectivity index (χ0v) is 17.9. The number of nitrogens with zero attached hydrogens (tertiary/aromatic N) is 1. The molecule has 29 heavy (non-hydrogen) atoms. The largest absolute Gasteiger partial charge is 0.484 e. The average molecular weight is 397 g/mol. The number of rotatable bonds is 10. The first-order chi connectivity index (χ1) is 14.0. The van der Waals surface area contributed by atoms with E-state index in [4.69, 9.17) is 4.74 Å². The average Bonchev–Trinajstić information content (AvgIpc) is 2.73. The first kappa shape index (κ1) is 22.5. The SMILES string of the molecule is CCCNC(=O)[C@@H](CC)N(Cc1ccccc1)C(=O)COc1ccc(C)c(C)c1. The van der Waals surface area contributed by atoms with E-state index in [2.05, 4.69) is 5.32 Å². The summed E-state index contributed by atoms with van der Waals surface area (Å²) in [5, 5.41) is 2.92. The summed E-state index contributed by atoms with van der Waals surface area (Å²) in [5.74, 6) is 0.333. The van der Waals surface area contributed by atoms with Crippen LogP contribution >= 0.6 is 0 Å². The second-order valence-electron chi connectivity index (χ2n) is 7.26. The number of hydrogen-bond acceptors (Lipinski definition) is 3. The van der Waals surface area contributed by atoms with Gasteiger partial charge in [0.25, 0.3) is 5.91 Å². The second-order valence-corrected chi connectivity index (χ2v) is 7.26. The minimum Gasteiger partial charge on any atom is -0.484 e. The maximum Gasteiger partial charge on any atom is 0.261 e. The highest BCUT2D eigenvalue weighted by Crippen LogP contribution is 2.17. The van der Waals surface area contributed by atoms with Crippen molar-refractivity contribution in [2.24, 2.45) is 0 Å². The lowest BCUT2D eigenvalue weighted by atomic mass is 10.1. The molecule has 0 spiro atoms. The summed E-state index contributed by atoms with van der Waals surface area (Å²) >= 11 is 0. The van der Waals surface area contributed by atoms with Crippen molar-refractivity contribution < 1.29 is 14.3 Å². The van der Waals surface area contributed by atoms with Crippen molar-refractivity contribution in [3.05, 3.63) is 65.2 Å². The Bertz CT molecular complexity index is 805. The number of benzene rings is 2. The van der Waals surface area contributed by atoms with Gasteiger partial charge in [0, 0.05) is 13.1 Å². The zero-order valence-electron chi connectivity index (χ0n) is 17.9. The molecule has 0 aromatic heterocycles. The van der Waals surface area contributed by atoms with Crippen molar-refractivity contribution in [2.45, 2.75) is 53.1 Å². The fraction of sp³-hybridized carbons (Fsp3) is 0.417. The Kier molecular flexibility index (Phi) is 8.71. The first-order valence-electron chi connectivity index (χ1n) is 10.3. The zero-order chi connectivity index (χ0) is 21.2. The van der Waals surface area contributed by atoms with Gasteiger partial charge in [0.15, 0.2) is 6.61 Å². The van der Waals surface area contributed by atoms with Crippen LogP contribution in [0.1, 0.15) is 43.4 Å². The highest BCUT2D eigenvalue weighted by molar-refractivity contribution is 5.88. The molecule has 0 saturated heterocycles. The topological polar surface area (TPSA) is 58.6 Å². The number of hydrogen-bond donors (Lipinski definition) is 1. The quantitative estimate of drug-likeness (QED) is 0.660. The molecule has 156 valence electrons. The van der Waals surface area contributed by atoms with Crippen molar-refractivity contribution in [1.29, 1.82) is 0 Å². The summed E-state index contributed by atoms with van der Waals surface area (Å²) in [6.45, 7) is 8.84. The van der Waals surface area contributed by atoms with Crippen LogP contribution < -0.4 is 10.1 Å². The van der Waals surface area contributed by atoms with Gasteiger partial charge in [-0.1, -0.05) is 50.2 Å². The number of aryl methyl sites for hydroxylation is 2. The van der Waals surface area contributed by atoms with Gasteiger partial charge in [0.2, 0.25) is 5.91 Å². The lowest BCUT2D eigenvalue weighted by Gasteiger charge is -2.30. The summed E-state index contributed by atoms with van der Waals surface area (Å²) < 4.78 is 5.75. The molecule has 0 bridgehead atoms. The van der Waals surface area contributed by atoms with Gasteiger partial charge in [-0.15, -0.1) is 0 Å². The van der Waals surface area contributed by atoms with Crippen LogP contribution in [0.15, 0.2) is 48.5 Å². The molecule has 1 atom stereocenters. The molecule has 2 aromatic carbocycles. The molecule has 2 rings (SSSR count). The Morgan fingerprint density at radius 2 is 1.76 bits per heavy atom. The summed E-state index contributed by atoms with van der Waals surface area (Å²) in [7, 11) is 0. The van der Waals surface area contributed by atoms with E-state index in [1.165, 1.54) is 5.56 Å². The van der Waals surface area contributed by atoms with E-state index in [9.17, 15) is 9.59 Å². The van der Waals surface area contributed by atoms with Gasteiger partial charge in [-0.05, 0) is 55.5 Å². The lowest BCUT2D eigenvalue weighted by molar-refractivity contribution is -0.143. The maximum atomic E-state index is 13.1. The summed E-state index contributed by atoms with van der Waals surface area (Å²) in [6.07, 6.45) is 1.39. The predicted octanol–water partition coefficient (Wildman–Crippen LogP) is 4.02. The first-order valence-corrected chi connectivity index (χ1v) is 10.3. The van der Waals surface area contributed by atoms with Gasteiger partial charge < -0.3 is 15.0 Å².